The lowest BCUT2D eigenvalue weighted by atomic mass is 10.1. The number of benzene rings is 2. The van der Waals surface area contributed by atoms with Crippen molar-refractivity contribution in [1.29, 1.82) is 0 Å². The Kier molecular flexibility index (Phi) is 5.33. The van der Waals surface area contributed by atoms with Crippen molar-refractivity contribution in [3.63, 3.8) is 0 Å². The van der Waals surface area contributed by atoms with Crippen LogP contribution in [0.2, 0.25) is 0 Å². The van der Waals surface area contributed by atoms with E-state index in [0.717, 1.165) is 30.0 Å². The van der Waals surface area contributed by atoms with Gasteiger partial charge < -0.3 is 15.1 Å². The molecule has 2 aliphatic rings. The van der Waals surface area contributed by atoms with Crippen molar-refractivity contribution in [3.8, 4) is 0 Å². The summed E-state index contributed by atoms with van der Waals surface area (Å²) in [5, 5.41) is 3.08. The van der Waals surface area contributed by atoms with Crippen molar-refractivity contribution < 1.29 is 9.59 Å². The normalized spacial score (nSPS) is 19.3. The second kappa shape index (κ2) is 8.05. The second-order valence-electron chi connectivity index (χ2n) is 7.86. The van der Waals surface area contributed by atoms with E-state index in [0.29, 0.717) is 13.1 Å². The summed E-state index contributed by atoms with van der Waals surface area (Å²) in [6.07, 6.45) is 2.66. The summed E-state index contributed by atoms with van der Waals surface area (Å²) in [5.41, 5.74) is 4.22. The molecule has 0 saturated carbocycles. The monoisotopic (exact) mass is 377 g/mol. The number of amides is 2. The number of hydrogen-bond acceptors (Lipinski definition) is 3. The van der Waals surface area contributed by atoms with Gasteiger partial charge in [0.15, 0.2) is 0 Å². The second-order valence-corrected chi connectivity index (χ2v) is 7.86. The van der Waals surface area contributed by atoms with Gasteiger partial charge in [-0.2, -0.15) is 0 Å². The Bertz CT molecular complexity index is 856. The van der Waals surface area contributed by atoms with E-state index in [4.69, 9.17) is 0 Å². The molecule has 2 saturated heterocycles. The number of nitrogens with zero attached hydrogens (tertiary/aromatic N) is 2. The Morgan fingerprint density at radius 3 is 2.54 bits per heavy atom. The average molecular weight is 377 g/mol. The van der Waals surface area contributed by atoms with E-state index < -0.39 is 0 Å². The Labute approximate surface area is 166 Å². The van der Waals surface area contributed by atoms with E-state index in [-0.39, 0.29) is 24.2 Å². The molecule has 2 fully saturated rings. The Morgan fingerprint density at radius 2 is 1.79 bits per heavy atom. The number of carbonyl (C=O) groups excluding carboxylic acids is 2. The molecule has 2 amide bonds. The van der Waals surface area contributed by atoms with Crippen LogP contribution in [-0.4, -0.2) is 36.3 Å². The molecule has 0 unspecified atom stereocenters. The van der Waals surface area contributed by atoms with Crippen LogP contribution in [0.15, 0.2) is 48.5 Å². The van der Waals surface area contributed by atoms with Gasteiger partial charge in [0.25, 0.3) is 0 Å². The minimum Gasteiger partial charge on any atom is -0.370 e. The zero-order valence-electron chi connectivity index (χ0n) is 16.4. The van der Waals surface area contributed by atoms with E-state index >= 15 is 0 Å². The molecule has 1 atom stereocenters. The fraction of sp³-hybridized carbons (Fsp3) is 0.391. The molecule has 4 rings (SSSR count). The van der Waals surface area contributed by atoms with Crippen molar-refractivity contribution in [2.24, 2.45) is 5.92 Å². The number of aryl methyl sites for hydroxylation is 1. The van der Waals surface area contributed by atoms with E-state index in [1.165, 1.54) is 18.4 Å². The fourth-order valence-electron chi connectivity index (χ4n) is 4.06. The van der Waals surface area contributed by atoms with Crippen LogP contribution in [0.3, 0.4) is 0 Å². The molecule has 2 heterocycles. The summed E-state index contributed by atoms with van der Waals surface area (Å²) < 4.78 is 0. The van der Waals surface area contributed by atoms with E-state index in [1.54, 1.807) is 4.90 Å². The number of nitrogens with one attached hydrogen (secondary N) is 1. The molecular weight excluding hydrogens is 350 g/mol. The molecule has 0 aliphatic carbocycles. The number of anilines is 2. The molecule has 2 aromatic carbocycles. The van der Waals surface area contributed by atoms with Gasteiger partial charge in [0.05, 0.1) is 17.3 Å². The third-order valence-electron chi connectivity index (χ3n) is 5.69. The van der Waals surface area contributed by atoms with Crippen molar-refractivity contribution in [1.82, 2.24) is 4.90 Å². The minimum absolute atomic E-state index is 0.0496. The van der Waals surface area contributed by atoms with E-state index in [2.05, 4.69) is 28.4 Å². The van der Waals surface area contributed by atoms with Crippen LogP contribution in [0.4, 0.5) is 11.4 Å². The summed E-state index contributed by atoms with van der Waals surface area (Å²) in [4.78, 5) is 29.4. The average Bonchev–Trinajstić information content (AvgIpc) is 3.35. The molecule has 0 radical (unpaired) electrons. The van der Waals surface area contributed by atoms with Crippen molar-refractivity contribution in [3.05, 3.63) is 59.7 Å². The molecule has 0 bridgehead atoms. The zero-order chi connectivity index (χ0) is 19.5. The van der Waals surface area contributed by atoms with Crippen molar-refractivity contribution in [2.75, 3.05) is 29.9 Å². The Hall–Kier alpha value is -2.82. The number of rotatable bonds is 5. The molecule has 5 nitrogen and oxygen atoms in total. The van der Waals surface area contributed by atoms with Crippen LogP contribution in [0.1, 0.15) is 30.4 Å². The highest BCUT2D eigenvalue weighted by atomic mass is 16.2. The first kappa shape index (κ1) is 18.5. The third kappa shape index (κ3) is 4.03. The molecular formula is C23H27N3O2. The fourth-order valence-corrected chi connectivity index (χ4v) is 4.06. The maximum Gasteiger partial charge on any atom is 0.229 e. The maximum absolute atomic E-state index is 12.9. The molecule has 0 spiro atoms. The first-order valence-electron chi connectivity index (χ1n) is 10.1. The standard InChI is InChI=1S/C23H27N3O2/c1-17-8-10-18(11-9-17)15-26-16-19(14-22(26)27)23(28)24-20-6-2-3-7-21(20)25-12-4-5-13-25/h2-3,6-11,19H,4-5,12-16H2,1H3,(H,24,28)/t19-/m1/s1. The van der Waals surface area contributed by atoms with Gasteiger partial charge in [0, 0.05) is 32.6 Å². The van der Waals surface area contributed by atoms with Crippen molar-refractivity contribution >= 4 is 23.2 Å². The Balaban J connectivity index is 1.41. The molecule has 28 heavy (non-hydrogen) atoms. The van der Waals surface area contributed by atoms with Crippen LogP contribution in [0, 0.1) is 12.8 Å². The van der Waals surface area contributed by atoms with Gasteiger partial charge in [0.2, 0.25) is 11.8 Å². The lowest BCUT2D eigenvalue weighted by Gasteiger charge is -2.22. The predicted molar refractivity (Wildman–Crippen MR) is 111 cm³/mol. The smallest absolute Gasteiger partial charge is 0.229 e. The summed E-state index contributed by atoms with van der Waals surface area (Å²) in [7, 11) is 0. The van der Waals surface area contributed by atoms with Gasteiger partial charge in [-0.15, -0.1) is 0 Å². The Morgan fingerprint density at radius 1 is 1.07 bits per heavy atom. The van der Waals surface area contributed by atoms with Gasteiger partial charge >= 0.3 is 0 Å². The highest BCUT2D eigenvalue weighted by molar-refractivity contribution is 5.99. The number of para-hydroxylation sites is 2. The summed E-state index contributed by atoms with van der Waals surface area (Å²) in [6, 6.07) is 16.1. The zero-order valence-corrected chi connectivity index (χ0v) is 16.4. The van der Waals surface area contributed by atoms with Gasteiger partial charge in [-0.05, 0) is 37.5 Å². The summed E-state index contributed by atoms with van der Waals surface area (Å²) in [5.74, 6) is -0.315. The summed E-state index contributed by atoms with van der Waals surface area (Å²) >= 11 is 0. The minimum atomic E-state index is -0.301. The van der Waals surface area contributed by atoms with Crippen LogP contribution in [0.25, 0.3) is 0 Å². The highest BCUT2D eigenvalue weighted by Gasteiger charge is 2.34. The first-order chi connectivity index (χ1) is 13.6. The number of carbonyl (C=O) groups is 2. The van der Waals surface area contributed by atoms with Gasteiger partial charge in [-0.3, -0.25) is 9.59 Å². The lowest BCUT2D eigenvalue weighted by molar-refractivity contribution is -0.128. The highest BCUT2D eigenvalue weighted by Crippen LogP contribution is 2.30. The lowest BCUT2D eigenvalue weighted by Crippen LogP contribution is -2.28. The van der Waals surface area contributed by atoms with E-state index in [9.17, 15) is 9.59 Å². The van der Waals surface area contributed by atoms with Crippen molar-refractivity contribution in [2.45, 2.75) is 32.7 Å². The largest absolute Gasteiger partial charge is 0.370 e. The van der Waals surface area contributed by atoms with Crippen LogP contribution in [-0.2, 0) is 16.1 Å². The maximum atomic E-state index is 12.9. The topological polar surface area (TPSA) is 52.7 Å². The van der Waals surface area contributed by atoms with E-state index in [1.807, 2.05) is 37.3 Å². The molecule has 146 valence electrons. The molecule has 0 aromatic heterocycles. The first-order valence-corrected chi connectivity index (χ1v) is 10.1. The van der Waals surface area contributed by atoms with Gasteiger partial charge in [0.1, 0.15) is 0 Å². The predicted octanol–water partition coefficient (Wildman–Crippen LogP) is 3.58. The quantitative estimate of drug-likeness (QED) is 0.866. The van der Waals surface area contributed by atoms with Crippen LogP contribution >= 0.6 is 0 Å². The molecule has 2 aliphatic heterocycles. The third-order valence-corrected chi connectivity index (χ3v) is 5.69. The number of likely N-dealkylation sites (tertiary alicyclic amines) is 1. The van der Waals surface area contributed by atoms with Gasteiger partial charge in [-0.1, -0.05) is 42.0 Å². The molecule has 5 heteroatoms. The SMILES string of the molecule is Cc1ccc(CN2C[C@H](C(=O)Nc3ccccc3N3CCCC3)CC2=O)cc1. The van der Waals surface area contributed by atoms with Crippen LogP contribution < -0.4 is 10.2 Å². The summed E-state index contributed by atoms with van der Waals surface area (Å²) in [6.45, 7) is 5.14. The molecule has 1 N–H and O–H groups in total. The molecule has 2 aromatic rings. The van der Waals surface area contributed by atoms with Crippen LogP contribution in [0.5, 0.6) is 0 Å². The number of hydrogen-bond donors (Lipinski definition) is 1. The van der Waals surface area contributed by atoms with Gasteiger partial charge in [-0.25, -0.2) is 0 Å².